The first-order valence-corrected chi connectivity index (χ1v) is 24.4. The van der Waals surface area contributed by atoms with Gasteiger partial charge in [0.15, 0.2) is 11.6 Å². The van der Waals surface area contributed by atoms with Crippen molar-refractivity contribution >= 4 is 116 Å². The van der Waals surface area contributed by atoms with E-state index in [1.165, 1.54) is 0 Å². The molecule has 2 N–H and O–H groups in total. The van der Waals surface area contributed by atoms with Gasteiger partial charge in [-0.25, -0.2) is 0 Å². The summed E-state index contributed by atoms with van der Waals surface area (Å²) in [5.41, 5.74) is 5.55. The predicted octanol–water partition coefficient (Wildman–Crippen LogP) is 13.5. The number of rotatable bonds is 6. The monoisotopic (exact) mass is 958 g/mol. The van der Waals surface area contributed by atoms with Gasteiger partial charge in [-0.3, -0.25) is 19.2 Å². The van der Waals surface area contributed by atoms with E-state index >= 15 is 0 Å². The summed E-state index contributed by atoms with van der Waals surface area (Å²) in [6, 6.07) is 41.6. The lowest BCUT2D eigenvalue weighted by molar-refractivity contribution is -0.122. The van der Waals surface area contributed by atoms with E-state index < -0.39 is 16.7 Å². The van der Waals surface area contributed by atoms with Gasteiger partial charge in [-0.05, 0) is 130 Å². The summed E-state index contributed by atoms with van der Waals surface area (Å²) in [5.74, 6) is -1.12. The van der Waals surface area contributed by atoms with Crippen LogP contribution in [0.1, 0.15) is 58.1 Å². The number of amides is 2. The maximum atomic E-state index is 13.9. The first-order chi connectivity index (χ1) is 30.8. The van der Waals surface area contributed by atoms with E-state index in [0.717, 1.165) is 43.2 Å². The summed E-state index contributed by atoms with van der Waals surface area (Å²) < 4.78 is 0. The van der Waals surface area contributed by atoms with Gasteiger partial charge >= 0.3 is 0 Å². The first-order valence-electron chi connectivity index (χ1n) is 20.4. The summed E-state index contributed by atoms with van der Waals surface area (Å²) in [4.78, 5) is 56.1. The molecule has 2 aliphatic carbocycles. The third-order valence-electron chi connectivity index (χ3n) is 12.6. The topological polar surface area (TPSA) is 92.3 Å². The van der Waals surface area contributed by atoms with Crippen molar-refractivity contribution in [2.24, 2.45) is 0 Å². The fourth-order valence-corrected chi connectivity index (χ4v) is 11.5. The van der Waals surface area contributed by atoms with Crippen LogP contribution >= 0.6 is 69.9 Å². The van der Waals surface area contributed by atoms with Gasteiger partial charge in [0, 0.05) is 71.5 Å². The summed E-state index contributed by atoms with van der Waals surface area (Å²) >= 11 is 28.3. The lowest BCUT2D eigenvalue weighted by atomic mass is 9.58. The number of hydrogen-bond donors (Lipinski definition) is 2. The highest BCUT2D eigenvalue weighted by atomic mass is 35.5. The van der Waals surface area contributed by atoms with Crippen LogP contribution in [-0.2, 0) is 30.0 Å². The lowest BCUT2D eigenvalue weighted by Gasteiger charge is -2.41. The van der Waals surface area contributed by atoms with Crippen molar-refractivity contribution in [1.29, 1.82) is 0 Å². The van der Waals surface area contributed by atoms with Gasteiger partial charge in [0.1, 0.15) is 10.8 Å². The molecule has 0 radical (unpaired) electrons. The van der Waals surface area contributed by atoms with Crippen molar-refractivity contribution in [2.45, 2.75) is 45.3 Å². The third-order valence-corrected chi connectivity index (χ3v) is 15.0. The molecule has 2 spiro atoms. The molecule has 10 rings (SSSR count). The summed E-state index contributed by atoms with van der Waals surface area (Å²) in [6.45, 7) is 0. The molecule has 2 aliphatic heterocycles. The molecule has 6 aromatic carbocycles. The van der Waals surface area contributed by atoms with Crippen LogP contribution in [0.3, 0.4) is 0 Å². The Balaban J connectivity index is 0.000000162. The Morgan fingerprint density at radius 1 is 0.547 bits per heavy atom. The zero-order valence-electron chi connectivity index (χ0n) is 34.4. The predicted molar refractivity (Wildman–Crippen MR) is 264 cm³/mol. The minimum absolute atomic E-state index is 0.00840. The Kier molecular flexibility index (Phi) is 12.2. The number of carbonyl (C=O) groups excluding carboxylic acids is 4. The molecule has 0 saturated heterocycles. The molecule has 320 valence electrons. The van der Waals surface area contributed by atoms with E-state index in [2.05, 4.69) is 10.6 Å². The molecule has 4 atom stereocenters. The fourth-order valence-electron chi connectivity index (χ4n) is 9.81. The summed E-state index contributed by atoms with van der Waals surface area (Å²) in [7, 11) is 0. The second kappa shape index (κ2) is 17.7. The van der Waals surface area contributed by atoms with Gasteiger partial charge in [-0.15, -0.1) is 23.5 Å². The normalized spacial score (nSPS) is 22.0. The number of benzene rings is 6. The molecule has 6 nitrogen and oxygen atoms in total. The van der Waals surface area contributed by atoms with E-state index in [1.807, 2.05) is 116 Å². The van der Waals surface area contributed by atoms with Crippen LogP contribution in [0.5, 0.6) is 0 Å². The largest absolute Gasteiger partial charge is 0.325 e. The van der Waals surface area contributed by atoms with E-state index in [0.29, 0.717) is 42.6 Å². The summed E-state index contributed by atoms with van der Waals surface area (Å²) in [6.07, 6.45) is 7.91. The Bertz CT molecular complexity index is 3010. The number of allylic oxidation sites excluding steroid dienone is 2. The van der Waals surface area contributed by atoms with Crippen molar-refractivity contribution in [3.05, 3.63) is 199 Å². The summed E-state index contributed by atoms with van der Waals surface area (Å²) in [5, 5.41) is 8.28. The number of anilines is 2. The molecule has 0 bridgehead atoms. The quantitative estimate of drug-likeness (QED) is 0.162. The average Bonchev–Trinajstić information content (AvgIpc) is 3.72. The zero-order chi connectivity index (χ0) is 44.9. The third kappa shape index (κ3) is 7.72. The molecule has 2 amide bonds. The molecule has 4 aliphatic rings. The van der Waals surface area contributed by atoms with Crippen LogP contribution in [0.4, 0.5) is 11.4 Å². The number of fused-ring (bicyclic) bond motifs is 4. The van der Waals surface area contributed by atoms with Crippen molar-refractivity contribution in [3.8, 4) is 0 Å². The van der Waals surface area contributed by atoms with Gasteiger partial charge in [0.05, 0.1) is 0 Å². The minimum Gasteiger partial charge on any atom is -0.325 e. The molecule has 2 heterocycles. The van der Waals surface area contributed by atoms with E-state index in [4.69, 9.17) is 46.4 Å². The van der Waals surface area contributed by atoms with Gasteiger partial charge in [0.2, 0.25) is 11.8 Å². The minimum atomic E-state index is -1.07. The number of ketones is 2. The number of nitrogens with one attached hydrogen (secondary N) is 2. The van der Waals surface area contributed by atoms with Gasteiger partial charge in [0.25, 0.3) is 0 Å². The number of halogens is 4. The molecule has 64 heavy (non-hydrogen) atoms. The molecule has 12 heteroatoms. The standard InChI is InChI=1S/2C26H19Cl2NO2S/c1-32-19-7-3-4-15(11-19)20-14-26(21-9-8-18(28)12-23(21)29-25(26)31)22(13-24(20)30)16-5-2-6-17(27)10-16;1-32-20-7-3-5-16(11-20)23-14-19(30)13-22(15-4-2-6-17(27)10-15)26(23)21-9-8-18(28)12-24(21)29-25(26)31/h2*2-12,14,22H,13H2,1H3,(H,29,31)/t2*22-,26-/m00/s1. The van der Waals surface area contributed by atoms with Crippen LogP contribution in [0.25, 0.3) is 11.1 Å². The molecule has 0 fully saturated rings. The van der Waals surface area contributed by atoms with Crippen molar-refractivity contribution in [2.75, 3.05) is 23.1 Å². The molecule has 0 saturated carbocycles. The SMILES string of the molecule is CSc1cccc(C2=CC(=O)C[C@@H](c3cccc(Cl)c3)[C@]23C(=O)Nc2cc(Cl)ccc23)c1.CSc1cccc(C2=C[C@@]3(C(=O)Nc4cc(Cl)ccc43)[C@H](c3cccc(Cl)c3)CC2=O)c1. The van der Waals surface area contributed by atoms with Crippen LogP contribution < -0.4 is 10.6 Å². The maximum Gasteiger partial charge on any atom is 0.240 e. The van der Waals surface area contributed by atoms with Crippen molar-refractivity contribution in [1.82, 2.24) is 0 Å². The Hall–Kier alpha value is -5.06. The fraction of sp³-hybridized carbons (Fsp3) is 0.154. The van der Waals surface area contributed by atoms with E-state index in [1.54, 1.807) is 66.0 Å². The molecular weight excluding hydrogens is 923 g/mol. The first kappa shape index (κ1) is 44.2. The van der Waals surface area contributed by atoms with Crippen LogP contribution in [0, 0.1) is 0 Å². The average molecular weight is 961 g/mol. The van der Waals surface area contributed by atoms with Crippen LogP contribution in [0.2, 0.25) is 20.1 Å². The Morgan fingerprint density at radius 2 is 1.08 bits per heavy atom. The highest BCUT2D eigenvalue weighted by Gasteiger charge is 2.58. The molecule has 0 aromatic heterocycles. The maximum absolute atomic E-state index is 13.9. The zero-order valence-corrected chi connectivity index (χ0v) is 39.0. The smallest absolute Gasteiger partial charge is 0.240 e. The number of hydrogen-bond acceptors (Lipinski definition) is 6. The molecule has 0 unspecified atom stereocenters. The van der Waals surface area contributed by atoms with Gasteiger partial charge in [-0.2, -0.15) is 0 Å². The number of carbonyl (C=O) groups is 4. The van der Waals surface area contributed by atoms with E-state index in [9.17, 15) is 19.2 Å². The second-order valence-electron chi connectivity index (χ2n) is 16.1. The van der Waals surface area contributed by atoms with Crippen molar-refractivity contribution < 1.29 is 19.2 Å². The van der Waals surface area contributed by atoms with Crippen molar-refractivity contribution in [3.63, 3.8) is 0 Å². The van der Waals surface area contributed by atoms with Gasteiger partial charge < -0.3 is 10.6 Å². The number of thioether (sulfide) groups is 2. The molecular formula is C52H38Cl4N2O4S2. The van der Waals surface area contributed by atoms with E-state index in [-0.39, 0.29) is 42.1 Å². The Morgan fingerprint density at radius 3 is 1.70 bits per heavy atom. The lowest BCUT2D eigenvalue weighted by Crippen LogP contribution is -2.45. The number of Topliss-reactive ketones (excluding diaryl/α,β-unsaturated/α-hetero) is 1. The van der Waals surface area contributed by atoms with Crippen LogP contribution in [0.15, 0.2) is 155 Å². The highest BCUT2D eigenvalue weighted by Crippen LogP contribution is 2.59. The highest BCUT2D eigenvalue weighted by molar-refractivity contribution is 7.98. The molecule has 6 aromatic rings. The second-order valence-corrected chi connectivity index (χ2v) is 19.6. The Labute approximate surface area is 399 Å². The van der Waals surface area contributed by atoms with Gasteiger partial charge in [-0.1, -0.05) is 113 Å². The van der Waals surface area contributed by atoms with Crippen LogP contribution in [-0.4, -0.2) is 35.9 Å².